The van der Waals surface area contributed by atoms with Gasteiger partial charge < -0.3 is 5.73 Å². The second-order valence-corrected chi connectivity index (χ2v) is 2.93. The van der Waals surface area contributed by atoms with Gasteiger partial charge in [-0.2, -0.15) is 0 Å². The van der Waals surface area contributed by atoms with Crippen molar-refractivity contribution in [2.45, 2.75) is 6.54 Å². The summed E-state index contributed by atoms with van der Waals surface area (Å²) in [6.07, 6.45) is 1.75. The normalized spacial score (nSPS) is 9.77. The van der Waals surface area contributed by atoms with Gasteiger partial charge in [0.2, 0.25) is 0 Å². The third-order valence-corrected chi connectivity index (χ3v) is 1.72. The summed E-state index contributed by atoms with van der Waals surface area (Å²) in [4.78, 5) is 4.13. The van der Waals surface area contributed by atoms with Gasteiger partial charge in [0.25, 0.3) is 0 Å². The molecule has 0 aliphatic rings. The molecule has 3 nitrogen and oxygen atoms in total. The van der Waals surface area contributed by atoms with E-state index in [1.165, 1.54) is 0 Å². The number of aromatic nitrogens is 1. The number of rotatable bonds is 4. The van der Waals surface area contributed by atoms with Crippen molar-refractivity contribution in [1.29, 1.82) is 0 Å². The van der Waals surface area contributed by atoms with Crippen LogP contribution in [0.15, 0.2) is 24.4 Å². The fraction of sp³-hybridized carbons (Fsp3) is 0.375. The van der Waals surface area contributed by atoms with E-state index in [1.54, 1.807) is 10.6 Å². The van der Waals surface area contributed by atoms with Crippen LogP contribution in [0.3, 0.4) is 0 Å². The average Bonchev–Trinajstić information content (AvgIpc) is 2.06. The number of hydrogen-bond donors (Lipinski definition) is 1. The standard InChI is InChI=1S/C8H12ClN3.Pt/c9-12(6-4-10)7-8-3-1-2-5-11-8;/h1-3,5H,4,6-7,10H2;/q;+2. The van der Waals surface area contributed by atoms with Crippen LogP contribution in [0.5, 0.6) is 0 Å². The van der Waals surface area contributed by atoms with E-state index in [-0.39, 0.29) is 21.1 Å². The minimum Gasteiger partial charge on any atom is -0.329 e. The Hall–Kier alpha value is 0.0483. The van der Waals surface area contributed by atoms with Gasteiger partial charge in [-0.15, -0.1) is 0 Å². The first-order valence-electron chi connectivity index (χ1n) is 3.83. The van der Waals surface area contributed by atoms with Gasteiger partial charge in [0.15, 0.2) is 0 Å². The molecular formula is C8H12ClN3Pt+2. The summed E-state index contributed by atoms with van der Waals surface area (Å²) < 4.78 is 1.63. The van der Waals surface area contributed by atoms with Crippen LogP contribution in [0.1, 0.15) is 5.69 Å². The maximum atomic E-state index is 5.83. The first-order chi connectivity index (χ1) is 5.83. The summed E-state index contributed by atoms with van der Waals surface area (Å²) in [6, 6.07) is 5.76. The molecule has 0 spiro atoms. The molecule has 5 heteroatoms. The van der Waals surface area contributed by atoms with Gasteiger partial charge in [-0.05, 0) is 23.9 Å². The second-order valence-electron chi connectivity index (χ2n) is 2.45. The van der Waals surface area contributed by atoms with Gasteiger partial charge in [-0.3, -0.25) is 4.98 Å². The number of halogens is 1. The SMILES string of the molecule is NCCN(Cl)Cc1ccccn1.[Pt+2]. The molecule has 0 saturated carbocycles. The third-order valence-electron chi connectivity index (χ3n) is 1.43. The minimum atomic E-state index is 0. The third kappa shape index (κ3) is 5.37. The number of pyridine rings is 1. The Kier molecular flexibility index (Phi) is 7.48. The number of nitrogens with zero attached hydrogens (tertiary/aromatic N) is 2. The zero-order valence-electron chi connectivity index (χ0n) is 7.10. The van der Waals surface area contributed by atoms with E-state index < -0.39 is 0 Å². The Morgan fingerprint density at radius 2 is 2.23 bits per heavy atom. The Morgan fingerprint density at radius 1 is 1.46 bits per heavy atom. The largest absolute Gasteiger partial charge is 2.00 e. The molecule has 13 heavy (non-hydrogen) atoms. The molecule has 1 rings (SSSR count). The molecule has 0 atom stereocenters. The monoisotopic (exact) mass is 380 g/mol. The molecule has 1 aromatic rings. The molecule has 2 N–H and O–H groups in total. The summed E-state index contributed by atoms with van der Waals surface area (Å²) in [6.45, 7) is 1.88. The van der Waals surface area contributed by atoms with Gasteiger partial charge in [0.05, 0.1) is 12.2 Å². The minimum absolute atomic E-state index is 0. The van der Waals surface area contributed by atoms with Crippen molar-refractivity contribution in [3.8, 4) is 0 Å². The van der Waals surface area contributed by atoms with Gasteiger partial charge in [0.1, 0.15) is 0 Å². The van der Waals surface area contributed by atoms with Crippen LogP contribution in [-0.2, 0) is 27.6 Å². The molecule has 0 amide bonds. The van der Waals surface area contributed by atoms with E-state index >= 15 is 0 Å². The maximum Gasteiger partial charge on any atom is 2.00 e. The molecule has 1 heterocycles. The van der Waals surface area contributed by atoms with E-state index in [9.17, 15) is 0 Å². The van der Waals surface area contributed by atoms with E-state index in [0.717, 1.165) is 5.69 Å². The molecule has 1 aromatic heterocycles. The molecule has 74 valence electrons. The van der Waals surface area contributed by atoms with Crippen LogP contribution >= 0.6 is 11.8 Å². The predicted molar refractivity (Wildman–Crippen MR) is 49.6 cm³/mol. The fourth-order valence-electron chi connectivity index (χ4n) is 0.887. The van der Waals surface area contributed by atoms with Crippen molar-refractivity contribution in [2.75, 3.05) is 13.1 Å². The smallest absolute Gasteiger partial charge is 0.329 e. The number of hydrogen-bond acceptors (Lipinski definition) is 3. The average molecular weight is 381 g/mol. The molecule has 0 saturated heterocycles. The van der Waals surface area contributed by atoms with Gasteiger partial charge in [0, 0.05) is 19.3 Å². The first-order valence-corrected chi connectivity index (χ1v) is 4.17. The van der Waals surface area contributed by atoms with Crippen LogP contribution in [0.2, 0.25) is 0 Å². The van der Waals surface area contributed by atoms with E-state index in [2.05, 4.69) is 4.98 Å². The molecule has 0 bridgehead atoms. The van der Waals surface area contributed by atoms with Crippen molar-refractivity contribution in [1.82, 2.24) is 9.40 Å². The van der Waals surface area contributed by atoms with Crippen molar-refractivity contribution >= 4 is 11.8 Å². The molecule has 0 aromatic carbocycles. The topological polar surface area (TPSA) is 42.1 Å². The van der Waals surface area contributed by atoms with Crippen molar-refractivity contribution in [2.24, 2.45) is 5.73 Å². The molecule has 0 aliphatic heterocycles. The van der Waals surface area contributed by atoms with Crippen LogP contribution < -0.4 is 5.73 Å². The van der Waals surface area contributed by atoms with Crippen LogP contribution in [0.4, 0.5) is 0 Å². The Bertz CT molecular complexity index is 220. The van der Waals surface area contributed by atoms with E-state index in [4.69, 9.17) is 17.5 Å². The zero-order valence-corrected chi connectivity index (χ0v) is 10.1. The molecule has 0 fully saturated rings. The van der Waals surface area contributed by atoms with Crippen molar-refractivity contribution in [3.63, 3.8) is 0 Å². The summed E-state index contributed by atoms with van der Waals surface area (Å²) in [5.41, 5.74) is 6.30. The Morgan fingerprint density at radius 3 is 2.77 bits per heavy atom. The summed E-state index contributed by atoms with van der Waals surface area (Å²) >= 11 is 5.83. The summed E-state index contributed by atoms with van der Waals surface area (Å²) in [5.74, 6) is 0. The molecule has 0 radical (unpaired) electrons. The van der Waals surface area contributed by atoms with Gasteiger partial charge >= 0.3 is 21.1 Å². The van der Waals surface area contributed by atoms with Crippen molar-refractivity contribution in [3.05, 3.63) is 30.1 Å². The van der Waals surface area contributed by atoms with Crippen molar-refractivity contribution < 1.29 is 21.1 Å². The fourth-order valence-corrected chi connectivity index (χ4v) is 1.11. The Balaban J connectivity index is 0.00000144. The van der Waals surface area contributed by atoms with Gasteiger partial charge in [-0.25, -0.2) is 4.42 Å². The summed E-state index contributed by atoms with van der Waals surface area (Å²) in [7, 11) is 0. The second kappa shape index (κ2) is 7.45. The van der Waals surface area contributed by atoms with E-state index in [1.807, 2.05) is 18.2 Å². The number of nitrogens with two attached hydrogens (primary N) is 1. The molecular weight excluding hydrogens is 369 g/mol. The van der Waals surface area contributed by atoms with Crippen LogP contribution in [0.25, 0.3) is 0 Å². The van der Waals surface area contributed by atoms with Gasteiger partial charge in [-0.1, -0.05) is 6.07 Å². The van der Waals surface area contributed by atoms with Crippen LogP contribution in [-0.4, -0.2) is 22.5 Å². The van der Waals surface area contributed by atoms with E-state index in [0.29, 0.717) is 19.6 Å². The van der Waals surface area contributed by atoms with Crippen LogP contribution in [0, 0.1) is 0 Å². The molecule has 0 aliphatic carbocycles. The summed E-state index contributed by atoms with van der Waals surface area (Å²) in [5, 5.41) is 0. The quantitative estimate of drug-likeness (QED) is 0.792. The predicted octanol–water partition coefficient (Wildman–Crippen LogP) is 0.994. The molecule has 0 unspecified atom stereocenters. The Labute approximate surface area is 97.6 Å². The zero-order chi connectivity index (χ0) is 8.81. The maximum absolute atomic E-state index is 5.83. The first kappa shape index (κ1) is 13.0.